The average molecular weight is 488 g/mol. The highest BCUT2D eigenvalue weighted by Crippen LogP contribution is 2.37. The largest absolute Gasteiger partial charge is 0.294 e. The third-order valence-electron chi connectivity index (χ3n) is 7.22. The Morgan fingerprint density at radius 1 is 0.447 bits per heavy atom. The second-order valence-corrected chi connectivity index (χ2v) is 9.40. The lowest BCUT2D eigenvalue weighted by atomic mass is 10.1. The highest BCUT2D eigenvalue weighted by Gasteiger charge is 2.19. The van der Waals surface area contributed by atoms with Crippen LogP contribution in [0.3, 0.4) is 0 Å². The molecule has 0 bridgehead atoms. The molecule has 8 aromatic rings. The van der Waals surface area contributed by atoms with Crippen LogP contribution < -0.4 is 0 Å². The van der Waals surface area contributed by atoms with E-state index in [9.17, 15) is 0 Å². The van der Waals surface area contributed by atoms with E-state index in [-0.39, 0.29) is 0 Å². The molecule has 0 aliphatic carbocycles. The van der Waals surface area contributed by atoms with E-state index in [4.69, 9.17) is 15.0 Å². The molecule has 5 heteroatoms. The van der Waals surface area contributed by atoms with Crippen molar-refractivity contribution in [2.75, 3.05) is 0 Å². The summed E-state index contributed by atoms with van der Waals surface area (Å²) in [4.78, 5) is 14.8. The number of fused-ring (bicyclic) bond motifs is 6. The van der Waals surface area contributed by atoms with Crippen LogP contribution in [0.25, 0.3) is 66.6 Å². The molecule has 8 rings (SSSR count). The van der Waals surface area contributed by atoms with E-state index < -0.39 is 0 Å². The summed E-state index contributed by atoms with van der Waals surface area (Å²) in [6.45, 7) is 0. The zero-order valence-corrected chi connectivity index (χ0v) is 20.4. The van der Waals surface area contributed by atoms with Crippen molar-refractivity contribution >= 4 is 43.9 Å². The van der Waals surface area contributed by atoms with Crippen LogP contribution in [-0.4, -0.2) is 24.1 Å². The molecule has 0 atom stereocenters. The molecule has 0 aliphatic rings. The van der Waals surface area contributed by atoms with Crippen LogP contribution in [0.1, 0.15) is 0 Å². The highest BCUT2D eigenvalue weighted by atomic mass is 15.1. The van der Waals surface area contributed by atoms with Gasteiger partial charge >= 0.3 is 0 Å². The zero-order valence-electron chi connectivity index (χ0n) is 20.4. The van der Waals surface area contributed by atoms with Crippen LogP contribution in [0.2, 0.25) is 0 Å². The maximum absolute atomic E-state index is 5.36. The molecule has 0 saturated heterocycles. The van der Waals surface area contributed by atoms with E-state index in [2.05, 4.69) is 88.0 Å². The van der Waals surface area contributed by atoms with E-state index in [0.717, 1.165) is 55.4 Å². The van der Waals surface area contributed by atoms with Crippen molar-refractivity contribution < 1.29 is 0 Å². The molecule has 0 aliphatic heterocycles. The van der Waals surface area contributed by atoms with Crippen molar-refractivity contribution in [2.24, 2.45) is 0 Å². The van der Waals surface area contributed by atoms with Gasteiger partial charge in [-0.05, 0) is 30.3 Å². The minimum atomic E-state index is 0.703. The highest BCUT2D eigenvalue weighted by molar-refractivity contribution is 6.16. The maximum Gasteiger partial charge on any atom is 0.159 e. The summed E-state index contributed by atoms with van der Waals surface area (Å²) in [7, 11) is 0. The maximum atomic E-state index is 5.36. The summed E-state index contributed by atoms with van der Waals surface area (Å²) in [5, 5.41) is 4.58. The molecule has 0 amide bonds. The number of aromatic nitrogens is 5. The first-order valence-corrected chi connectivity index (χ1v) is 12.6. The number of pyridine rings is 1. The molecule has 0 unspecified atom stereocenters. The van der Waals surface area contributed by atoms with Gasteiger partial charge in [-0.25, -0.2) is 15.0 Å². The van der Waals surface area contributed by atoms with Gasteiger partial charge in [-0.15, -0.1) is 0 Å². The van der Waals surface area contributed by atoms with Crippen LogP contribution in [0.5, 0.6) is 0 Å². The molecule has 38 heavy (non-hydrogen) atoms. The van der Waals surface area contributed by atoms with Gasteiger partial charge in [0, 0.05) is 32.8 Å². The molecule has 0 spiro atoms. The molecule has 0 N–H and O–H groups in total. The summed E-state index contributed by atoms with van der Waals surface area (Å²) >= 11 is 0. The molecule has 4 aromatic carbocycles. The molecule has 4 aromatic heterocycles. The molecule has 178 valence electrons. The van der Waals surface area contributed by atoms with Crippen LogP contribution >= 0.6 is 0 Å². The van der Waals surface area contributed by atoms with E-state index in [1.807, 2.05) is 48.8 Å². The number of benzene rings is 4. The van der Waals surface area contributed by atoms with Crippen molar-refractivity contribution in [1.82, 2.24) is 24.1 Å². The Morgan fingerprint density at radius 3 is 1.55 bits per heavy atom. The van der Waals surface area contributed by atoms with Gasteiger partial charge < -0.3 is 0 Å². The molecule has 0 saturated carbocycles. The Labute approximate surface area is 218 Å². The average Bonchev–Trinajstić information content (AvgIpc) is 3.49. The first-order chi connectivity index (χ1) is 18.9. The van der Waals surface area contributed by atoms with Gasteiger partial charge in [0.25, 0.3) is 0 Å². The van der Waals surface area contributed by atoms with Crippen LogP contribution in [0.4, 0.5) is 0 Å². The van der Waals surface area contributed by atoms with Gasteiger partial charge in [0.2, 0.25) is 0 Å². The Bertz CT molecular complexity index is 2110. The lowest BCUT2D eigenvalue weighted by molar-refractivity contribution is 1.06. The van der Waals surface area contributed by atoms with Crippen molar-refractivity contribution in [3.8, 4) is 22.8 Å². The van der Waals surface area contributed by atoms with Gasteiger partial charge in [-0.2, -0.15) is 0 Å². The third-order valence-corrected chi connectivity index (χ3v) is 7.22. The number of nitrogens with zero attached hydrogens (tertiary/aromatic N) is 5. The lowest BCUT2D eigenvalue weighted by Crippen LogP contribution is -2.00. The minimum Gasteiger partial charge on any atom is -0.294 e. The number of hydrogen-bond donors (Lipinski definition) is 0. The van der Waals surface area contributed by atoms with Gasteiger partial charge in [0.05, 0.1) is 29.1 Å². The monoisotopic (exact) mass is 487 g/mol. The fourth-order valence-corrected chi connectivity index (χ4v) is 5.53. The van der Waals surface area contributed by atoms with Crippen LogP contribution in [0, 0.1) is 0 Å². The zero-order chi connectivity index (χ0) is 25.1. The first kappa shape index (κ1) is 20.9. The van der Waals surface area contributed by atoms with Crippen molar-refractivity contribution in [3.05, 3.63) is 128 Å². The predicted molar refractivity (Wildman–Crippen MR) is 154 cm³/mol. The van der Waals surface area contributed by atoms with Crippen molar-refractivity contribution in [2.45, 2.75) is 0 Å². The Balaban J connectivity index is 1.45. The van der Waals surface area contributed by atoms with Crippen LogP contribution in [0.15, 0.2) is 128 Å². The Morgan fingerprint density at radius 2 is 0.947 bits per heavy atom. The van der Waals surface area contributed by atoms with E-state index in [0.29, 0.717) is 5.82 Å². The van der Waals surface area contributed by atoms with E-state index in [1.54, 1.807) is 0 Å². The smallest absolute Gasteiger partial charge is 0.159 e. The summed E-state index contributed by atoms with van der Waals surface area (Å²) in [5.74, 6) is 0.703. The predicted octanol–water partition coefficient (Wildman–Crippen LogP) is 7.73. The third kappa shape index (κ3) is 3.02. The van der Waals surface area contributed by atoms with Gasteiger partial charge in [-0.1, -0.05) is 84.9 Å². The van der Waals surface area contributed by atoms with E-state index in [1.165, 1.54) is 5.39 Å². The van der Waals surface area contributed by atoms with Crippen molar-refractivity contribution in [1.29, 1.82) is 0 Å². The Kier molecular flexibility index (Phi) is 4.45. The molecule has 0 fully saturated rings. The normalized spacial score (nSPS) is 11.7. The number of rotatable bonds is 3. The first-order valence-electron chi connectivity index (χ1n) is 12.6. The van der Waals surface area contributed by atoms with E-state index >= 15 is 0 Å². The number of para-hydroxylation sites is 3. The Hall–Kier alpha value is -5.29. The number of hydrogen-bond acceptors (Lipinski definition) is 3. The summed E-state index contributed by atoms with van der Waals surface area (Å²) in [5.41, 5.74) is 6.99. The van der Waals surface area contributed by atoms with Crippen molar-refractivity contribution in [3.63, 3.8) is 0 Å². The molecular weight excluding hydrogens is 466 g/mol. The fraction of sp³-hybridized carbons (Fsp3) is 0. The lowest BCUT2D eigenvalue weighted by Gasteiger charge is -2.09. The molecule has 5 nitrogen and oxygen atoms in total. The molecular formula is C33H21N5. The topological polar surface area (TPSA) is 48.5 Å². The van der Waals surface area contributed by atoms with Gasteiger partial charge in [0.1, 0.15) is 11.3 Å². The second-order valence-electron chi connectivity index (χ2n) is 9.40. The standard InChI is InChI=1S/C33H21N5/c1-3-11-22(12-4-1)31-34-20-24(21-35-31)38-30-18-10-8-16-26(30)28-19-27-25-15-7-9-17-29(25)37(32(27)36-33(28)38)23-13-5-2-6-14-23/h1-21H. The molecule has 0 radical (unpaired) electrons. The molecule has 4 heterocycles. The second kappa shape index (κ2) is 8.11. The van der Waals surface area contributed by atoms with Gasteiger partial charge in [0.15, 0.2) is 5.82 Å². The fourth-order valence-electron chi connectivity index (χ4n) is 5.53. The summed E-state index contributed by atoms with van der Waals surface area (Å²) < 4.78 is 4.42. The summed E-state index contributed by atoms with van der Waals surface area (Å²) in [6.07, 6.45) is 3.78. The quantitative estimate of drug-likeness (QED) is 0.256. The van der Waals surface area contributed by atoms with Gasteiger partial charge in [-0.3, -0.25) is 9.13 Å². The van der Waals surface area contributed by atoms with Crippen LogP contribution in [-0.2, 0) is 0 Å². The summed E-state index contributed by atoms with van der Waals surface area (Å²) in [6, 6.07) is 39.7. The SMILES string of the molecule is c1ccc(-c2ncc(-n3c4ccccc4c4cc5c6ccccc6n(-c6ccccc6)c5nc43)cn2)cc1. The minimum absolute atomic E-state index is 0.703.